The molecule has 0 saturated heterocycles. The van der Waals surface area contributed by atoms with Crippen molar-refractivity contribution in [1.29, 1.82) is 0 Å². The summed E-state index contributed by atoms with van der Waals surface area (Å²) in [5, 5.41) is 7.97. The normalized spacial score (nSPS) is 12.2. The van der Waals surface area contributed by atoms with E-state index in [1.807, 2.05) is 48.5 Å². The van der Waals surface area contributed by atoms with E-state index >= 15 is 0 Å². The summed E-state index contributed by atoms with van der Waals surface area (Å²) in [6, 6.07) is 17.8. The summed E-state index contributed by atoms with van der Waals surface area (Å²) < 4.78 is 8.04. The molecule has 2 aromatic carbocycles. The molecule has 3 aromatic heterocycles. The number of carbonyl (C=O) groups excluding carboxylic acids is 1. The van der Waals surface area contributed by atoms with Crippen LogP contribution in [-0.2, 0) is 22.7 Å². The van der Waals surface area contributed by atoms with E-state index in [1.165, 1.54) is 0 Å². The van der Waals surface area contributed by atoms with E-state index in [0.717, 1.165) is 38.1 Å². The minimum absolute atomic E-state index is 0.00275. The highest BCUT2D eigenvalue weighted by Gasteiger charge is 2.19. The first-order valence-electron chi connectivity index (χ1n) is 12.2. The number of hydrogen-bond acceptors (Lipinski definition) is 7. The number of carbonyl (C=O) groups is 1. The van der Waals surface area contributed by atoms with Crippen molar-refractivity contribution < 1.29 is 9.53 Å². The van der Waals surface area contributed by atoms with E-state index in [4.69, 9.17) is 15.5 Å². The molecule has 1 atom stereocenters. The molecule has 0 amide bonds. The number of esters is 1. The fourth-order valence-electron chi connectivity index (χ4n) is 4.32. The van der Waals surface area contributed by atoms with E-state index in [-0.39, 0.29) is 24.9 Å². The Morgan fingerprint density at radius 3 is 2.84 bits per heavy atom. The number of fused-ring (bicyclic) bond motifs is 2. The predicted molar refractivity (Wildman–Crippen MR) is 146 cm³/mol. The van der Waals surface area contributed by atoms with E-state index in [1.54, 1.807) is 17.0 Å². The predicted octanol–water partition coefficient (Wildman–Crippen LogP) is 4.94. The number of ether oxygens (including phenoxy) is 1. The maximum atomic E-state index is 12.5. The lowest BCUT2D eigenvalue weighted by atomic mass is 9.95. The molecule has 5 aromatic rings. The summed E-state index contributed by atoms with van der Waals surface area (Å²) in [6.45, 7) is 1.36. The Balaban J connectivity index is 1.31. The van der Waals surface area contributed by atoms with Crippen LogP contribution in [0.4, 0.5) is 5.82 Å². The van der Waals surface area contributed by atoms with Crippen molar-refractivity contribution in [2.24, 2.45) is 5.73 Å². The van der Waals surface area contributed by atoms with Gasteiger partial charge in [-0.2, -0.15) is 9.61 Å². The van der Waals surface area contributed by atoms with Crippen molar-refractivity contribution in [1.82, 2.24) is 24.6 Å². The second-order valence-corrected chi connectivity index (χ2v) is 9.72. The summed E-state index contributed by atoms with van der Waals surface area (Å²) >= 11 is 3.56. The lowest BCUT2D eigenvalue weighted by Gasteiger charge is -2.18. The van der Waals surface area contributed by atoms with Gasteiger partial charge in [0.15, 0.2) is 5.65 Å². The first-order valence-corrected chi connectivity index (χ1v) is 13.0. The van der Waals surface area contributed by atoms with Gasteiger partial charge in [0.05, 0.1) is 28.0 Å². The van der Waals surface area contributed by atoms with Gasteiger partial charge in [-0.25, -0.2) is 9.97 Å². The molecule has 10 heteroatoms. The van der Waals surface area contributed by atoms with Crippen LogP contribution in [-0.4, -0.2) is 37.1 Å². The number of anilines is 1. The Morgan fingerprint density at radius 1 is 1.14 bits per heavy atom. The fraction of sp³-hybridized carbons (Fsp3) is 0.259. The minimum Gasteiger partial charge on any atom is -0.461 e. The summed E-state index contributed by atoms with van der Waals surface area (Å²) in [6.07, 6.45) is 5.01. The van der Waals surface area contributed by atoms with Crippen molar-refractivity contribution >= 4 is 44.4 Å². The zero-order valence-corrected chi connectivity index (χ0v) is 21.8. The molecule has 0 bridgehead atoms. The Bertz CT molecular complexity index is 1500. The third-order valence-corrected chi connectivity index (χ3v) is 6.84. The van der Waals surface area contributed by atoms with Crippen LogP contribution in [0, 0.1) is 0 Å². The third kappa shape index (κ3) is 5.98. The number of nitrogens with zero attached hydrogens (tertiary/aromatic N) is 4. The molecule has 190 valence electrons. The van der Waals surface area contributed by atoms with Gasteiger partial charge in [-0.05, 0) is 58.6 Å². The van der Waals surface area contributed by atoms with Crippen molar-refractivity contribution in [2.45, 2.75) is 38.3 Å². The summed E-state index contributed by atoms with van der Waals surface area (Å²) in [4.78, 5) is 24.8. The third-order valence-electron chi connectivity index (χ3n) is 6.28. The molecule has 3 heterocycles. The van der Waals surface area contributed by atoms with E-state index in [0.29, 0.717) is 31.6 Å². The number of aromatic amines is 1. The average Bonchev–Trinajstić information content (AvgIpc) is 3.55. The number of nitrogens with one attached hydrogen (secondary N) is 2. The van der Waals surface area contributed by atoms with E-state index < -0.39 is 0 Å². The van der Waals surface area contributed by atoms with Crippen molar-refractivity contribution in [3.63, 3.8) is 0 Å². The standard InChI is InChI=1S/C27H28BrN7O2/c28-21-15-33-35-25(30-14-19-6-8-22-24(12-19)32-17-31-22)13-23(34-27(21)35)20(10-11-29)7-9-26(36)37-16-18-4-2-1-3-5-18/h1-6,8,12-13,15,17,20,30H,7,9-11,14,16,29H2,(H,31,32). The Morgan fingerprint density at radius 2 is 2.00 bits per heavy atom. The van der Waals surface area contributed by atoms with Crippen LogP contribution >= 0.6 is 15.9 Å². The van der Waals surface area contributed by atoms with E-state index in [2.05, 4.69) is 42.4 Å². The van der Waals surface area contributed by atoms with Crippen LogP contribution in [0.2, 0.25) is 0 Å². The molecule has 0 saturated carbocycles. The lowest BCUT2D eigenvalue weighted by Crippen LogP contribution is -2.14. The van der Waals surface area contributed by atoms with Gasteiger partial charge in [0.25, 0.3) is 0 Å². The Labute approximate surface area is 222 Å². The van der Waals surface area contributed by atoms with Gasteiger partial charge in [-0.1, -0.05) is 36.4 Å². The molecule has 37 heavy (non-hydrogen) atoms. The largest absolute Gasteiger partial charge is 0.461 e. The number of aromatic nitrogens is 5. The fourth-order valence-corrected chi connectivity index (χ4v) is 4.67. The molecule has 4 N–H and O–H groups in total. The van der Waals surface area contributed by atoms with Gasteiger partial charge in [-0.15, -0.1) is 0 Å². The summed E-state index contributed by atoms with van der Waals surface area (Å²) in [7, 11) is 0. The number of hydrogen-bond donors (Lipinski definition) is 3. The van der Waals surface area contributed by atoms with Crippen LogP contribution in [0.1, 0.15) is 42.0 Å². The highest BCUT2D eigenvalue weighted by atomic mass is 79.9. The molecule has 9 nitrogen and oxygen atoms in total. The zero-order chi connectivity index (χ0) is 25.6. The van der Waals surface area contributed by atoms with Gasteiger partial charge in [0.1, 0.15) is 12.4 Å². The van der Waals surface area contributed by atoms with Crippen LogP contribution < -0.4 is 11.1 Å². The molecule has 0 aliphatic rings. The van der Waals surface area contributed by atoms with Gasteiger partial charge in [-0.3, -0.25) is 4.79 Å². The zero-order valence-electron chi connectivity index (χ0n) is 20.2. The Hall–Kier alpha value is -3.76. The van der Waals surface area contributed by atoms with Gasteiger partial charge >= 0.3 is 5.97 Å². The highest BCUT2D eigenvalue weighted by molar-refractivity contribution is 9.10. The van der Waals surface area contributed by atoms with Crippen LogP contribution in [0.15, 0.2) is 71.6 Å². The molecule has 0 spiro atoms. The topological polar surface area (TPSA) is 123 Å². The SMILES string of the molecule is NCCC(CCC(=O)OCc1ccccc1)c1cc(NCc2ccc3nc[nH]c3c2)n2ncc(Br)c2n1. The number of halogens is 1. The number of imidazole rings is 1. The molecule has 0 aliphatic heterocycles. The molecule has 0 aliphatic carbocycles. The van der Waals surface area contributed by atoms with E-state index in [9.17, 15) is 4.79 Å². The number of benzene rings is 2. The molecule has 0 radical (unpaired) electrons. The van der Waals surface area contributed by atoms with Crippen LogP contribution in [0.3, 0.4) is 0 Å². The summed E-state index contributed by atoms with van der Waals surface area (Å²) in [5.74, 6) is 0.581. The number of H-pyrrole nitrogens is 1. The summed E-state index contributed by atoms with van der Waals surface area (Å²) in [5.41, 5.74) is 11.5. The lowest BCUT2D eigenvalue weighted by molar-refractivity contribution is -0.145. The van der Waals surface area contributed by atoms with Crippen LogP contribution in [0.5, 0.6) is 0 Å². The second kappa shape index (κ2) is 11.5. The second-order valence-electron chi connectivity index (χ2n) is 8.86. The van der Waals surface area contributed by atoms with Gasteiger partial charge in [0, 0.05) is 30.6 Å². The molecule has 0 fully saturated rings. The monoisotopic (exact) mass is 561 g/mol. The highest BCUT2D eigenvalue weighted by Crippen LogP contribution is 2.29. The maximum Gasteiger partial charge on any atom is 0.306 e. The average molecular weight is 562 g/mol. The van der Waals surface area contributed by atoms with Gasteiger partial charge in [0.2, 0.25) is 0 Å². The van der Waals surface area contributed by atoms with Crippen molar-refractivity contribution in [3.8, 4) is 0 Å². The molecular formula is C27H28BrN7O2. The molecule has 5 rings (SSSR count). The van der Waals surface area contributed by atoms with Crippen molar-refractivity contribution in [2.75, 3.05) is 11.9 Å². The first-order chi connectivity index (χ1) is 18.1. The van der Waals surface area contributed by atoms with Crippen molar-refractivity contribution in [3.05, 3.63) is 88.4 Å². The van der Waals surface area contributed by atoms with Gasteiger partial charge < -0.3 is 20.8 Å². The quantitative estimate of drug-likeness (QED) is 0.195. The van der Waals surface area contributed by atoms with Crippen LogP contribution in [0.25, 0.3) is 16.7 Å². The maximum absolute atomic E-state index is 12.5. The molecular weight excluding hydrogens is 534 g/mol. The molecule has 1 unspecified atom stereocenters. The number of rotatable bonds is 11. The number of nitrogens with two attached hydrogens (primary N) is 1. The smallest absolute Gasteiger partial charge is 0.306 e. The Kier molecular flexibility index (Phi) is 7.76. The first kappa shape index (κ1) is 24.9. The minimum atomic E-state index is -0.231.